The first-order valence-electron chi connectivity index (χ1n) is 9.86. The van der Waals surface area contributed by atoms with Gasteiger partial charge in [-0.25, -0.2) is 17.2 Å². The van der Waals surface area contributed by atoms with E-state index in [1.165, 1.54) is 6.20 Å². The Kier molecular flexibility index (Phi) is 5.73. The molecule has 1 unspecified atom stereocenters. The van der Waals surface area contributed by atoms with Crippen molar-refractivity contribution in [3.05, 3.63) is 52.9 Å². The predicted octanol–water partition coefficient (Wildman–Crippen LogP) is 1.52. The van der Waals surface area contributed by atoms with Crippen molar-refractivity contribution in [3.8, 4) is 0 Å². The summed E-state index contributed by atoms with van der Waals surface area (Å²) in [4.78, 5) is 14.4. The first-order valence-corrected chi connectivity index (χ1v) is 11.7. The van der Waals surface area contributed by atoms with Crippen molar-refractivity contribution >= 4 is 15.9 Å². The van der Waals surface area contributed by atoms with E-state index in [0.717, 1.165) is 28.5 Å². The molecule has 2 aliphatic heterocycles. The highest BCUT2D eigenvalue weighted by Crippen LogP contribution is 2.38. The second-order valence-electron chi connectivity index (χ2n) is 8.26. The van der Waals surface area contributed by atoms with Crippen LogP contribution in [0.5, 0.6) is 0 Å². The average Bonchev–Trinajstić information content (AvgIpc) is 3.27. The van der Waals surface area contributed by atoms with Crippen LogP contribution >= 0.6 is 0 Å². The molecule has 1 aromatic heterocycles. The lowest BCUT2D eigenvalue weighted by Crippen LogP contribution is -2.59. The zero-order chi connectivity index (χ0) is 24.3. The van der Waals surface area contributed by atoms with Crippen LogP contribution in [0.1, 0.15) is 29.3 Å². The van der Waals surface area contributed by atoms with Crippen LogP contribution in [0.3, 0.4) is 0 Å². The summed E-state index contributed by atoms with van der Waals surface area (Å²) >= 11 is 0. The minimum absolute atomic E-state index is 0.0958. The van der Waals surface area contributed by atoms with Gasteiger partial charge in [0.2, 0.25) is 0 Å². The van der Waals surface area contributed by atoms with Gasteiger partial charge in [-0.05, 0) is 24.6 Å². The normalized spacial score (nSPS) is 24.2. The van der Waals surface area contributed by atoms with Crippen LogP contribution in [0.4, 0.5) is 22.0 Å². The molecule has 0 bridgehead atoms. The summed E-state index contributed by atoms with van der Waals surface area (Å²) in [6.07, 6.45) is -2.83. The lowest BCUT2D eigenvalue weighted by molar-refractivity contribution is -0.191. The van der Waals surface area contributed by atoms with Gasteiger partial charge in [0, 0.05) is 49.0 Å². The number of carbonyl (C=O) groups is 1. The topological polar surface area (TPSA) is 102 Å². The number of piperidine rings is 1. The van der Waals surface area contributed by atoms with Gasteiger partial charge in [0.25, 0.3) is 10.0 Å². The van der Waals surface area contributed by atoms with Gasteiger partial charge in [-0.2, -0.15) is 22.4 Å². The summed E-state index contributed by atoms with van der Waals surface area (Å²) in [7, 11) is -3.59. The van der Waals surface area contributed by atoms with E-state index in [1.807, 2.05) is 0 Å². The number of aromatic nitrogens is 2. The second kappa shape index (κ2) is 8.02. The Morgan fingerprint density at radius 3 is 2.52 bits per heavy atom. The fourth-order valence-electron chi connectivity index (χ4n) is 4.45. The van der Waals surface area contributed by atoms with E-state index in [4.69, 9.17) is 5.73 Å². The number of nitrogens with two attached hydrogens (primary N) is 1. The number of hydrogen-bond donors (Lipinski definition) is 1. The number of halogens is 5. The first-order chi connectivity index (χ1) is 15.3. The van der Waals surface area contributed by atoms with Crippen molar-refractivity contribution in [2.24, 2.45) is 5.73 Å². The Bertz CT molecular complexity index is 1180. The molecule has 0 aliphatic carbocycles. The monoisotopic (exact) mass is 493 g/mol. The highest BCUT2D eigenvalue weighted by Gasteiger charge is 2.50. The van der Waals surface area contributed by atoms with Crippen LogP contribution in [0.25, 0.3) is 0 Å². The molecule has 8 nitrogen and oxygen atoms in total. The maximum atomic E-state index is 14.4. The fourth-order valence-corrected chi connectivity index (χ4v) is 5.01. The van der Waals surface area contributed by atoms with E-state index in [1.54, 1.807) is 4.90 Å². The van der Waals surface area contributed by atoms with Gasteiger partial charge in [0.05, 0.1) is 18.0 Å². The molecule has 0 radical (unpaired) electrons. The summed E-state index contributed by atoms with van der Waals surface area (Å²) in [5.74, 6) is -4.03. The molecule has 2 aromatic rings. The second-order valence-corrected chi connectivity index (χ2v) is 10.1. The quantitative estimate of drug-likeness (QED) is 0.651. The molecular formula is C19H20F5N5O3S. The van der Waals surface area contributed by atoms with Gasteiger partial charge in [0.1, 0.15) is 11.6 Å². The summed E-state index contributed by atoms with van der Waals surface area (Å²) in [6.45, 7) is -0.0967. The van der Waals surface area contributed by atoms with E-state index in [9.17, 15) is 35.2 Å². The van der Waals surface area contributed by atoms with E-state index in [2.05, 4.69) is 5.10 Å². The SMILES string of the molecule is CS(=O)(=O)n1cc2c(n1)CN([C@@H]1C[C@H](N)C(c3cc(F)ccc3F)N(C(=O)C(F)(F)F)C1)C2. The number of rotatable bonds is 3. The highest BCUT2D eigenvalue weighted by molar-refractivity contribution is 7.89. The van der Waals surface area contributed by atoms with Crippen molar-refractivity contribution < 1.29 is 35.2 Å². The molecule has 3 atom stereocenters. The van der Waals surface area contributed by atoms with E-state index in [-0.39, 0.29) is 19.5 Å². The number of benzene rings is 1. The summed E-state index contributed by atoms with van der Waals surface area (Å²) in [5.41, 5.74) is 6.75. The number of likely N-dealkylation sites (tertiary alicyclic amines) is 1. The predicted molar refractivity (Wildman–Crippen MR) is 105 cm³/mol. The number of amides is 1. The molecule has 0 saturated carbocycles. The van der Waals surface area contributed by atoms with Gasteiger partial charge in [-0.1, -0.05) is 0 Å². The van der Waals surface area contributed by atoms with Gasteiger partial charge < -0.3 is 10.6 Å². The van der Waals surface area contributed by atoms with Crippen LogP contribution in [-0.2, 0) is 27.9 Å². The van der Waals surface area contributed by atoms with Crippen LogP contribution in [0.15, 0.2) is 24.4 Å². The van der Waals surface area contributed by atoms with Gasteiger partial charge >= 0.3 is 12.1 Å². The summed E-state index contributed by atoms with van der Waals surface area (Å²) in [5, 5.41) is 4.01. The van der Waals surface area contributed by atoms with Gasteiger partial charge in [-0.3, -0.25) is 9.69 Å². The standard InChI is InChI=1S/C19H20F5N5O3S/c1-33(31,32)29-7-10-6-27(9-16(10)26-29)12-5-15(25)17(13-4-11(20)2-3-14(13)21)28(8-12)18(30)19(22,23)24/h2-4,7,12,15,17H,5-6,8-9,25H2,1H3/t12-,15+,17?/m1/s1. The van der Waals surface area contributed by atoms with E-state index < -0.39 is 64.0 Å². The number of carbonyl (C=O) groups excluding carboxylic acids is 1. The molecule has 1 amide bonds. The zero-order valence-corrected chi connectivity index (χ0v) is 18.1. The van der Waals surface area contributed by atoms with Crippen molar-refractivity contribution in [1.29, 1.82) is 0 Å². The Balaban J connectivity index is 1.63. The highest BCUT2D eigenvalue weighted by atomic mass is 32.2. The van der Waals surface area contributed by atoms with Crippen LogP contribution in [0.2, 0.25) is 0 Å². The van der Waals surface area contributed by atoms with Crippen LogP contribution < -0.4 is 5.73 Å². The Morgan fingerprint density at radius 2 is 1.91 bits per heavy atom. The summed E-state index contributed by atoms with van der Waals surface area (Å²) in [6, 6.07) is -0.917. The van der Waals surface area contributed by atoms with Crippen molar-refractivity contribution in [2.75, 3.05) is 12.8 Å². The average molecular weight is 493 g/mol. The molecule has 33 heavy (non-hydrogen) atoms. The Hall–Kier alpha value is -2.58. The zero-order valence-electron chi connectivity index (χ0n) is 17.3. The van der Waals surface area contributed by atoms with Crippen molar-refractivity contribution in [3.63, 3.8) is 0 Å². The van der Waals surface area contributed by atoms with Gasteiger partial charge in [-0.15, -0.1) is 0 Å². The van der Waals surface area contributed by atoms with Crippen LogP contribution in [0, 0.1) is 11.6 Å². The molecule has 3 heterocycles. The van der Waals surface area contributed by atoms with E-state index in [0.29, 0.717) is 16.2 Å². The molecule has 2 aliphatic rings. The van der Waals surface area contributed by atoms with Crippen LogP contribution in [-0.4, -0.2) is 64.4 Å². The third-order valence-electron chi connectivity index (χ3n) is 5.91. The number of nitrogens with zero attached hydrogens (tertiary/aromatic N) is 4. The molecule has 4 rings (SSSR count). The molecule has 180 valence electrons. The summed E-state index contributed by atoms with van der Waals surface area (Å²) < 4.78 is 92.4. The number of hydrogen-bond acceptors (Lipinski definition) is 6. The minimum atomic E-state index is -5.24. The lowest BCUT2D eigenvalue weighted by Gasteiger charge is -2.46. The smallest absolute Gasteiger partial charge is 0.326 e. The van der Waals surface area contributed by atoms with Crippen molar-refractivity contribution in [2.45, 2.75) is 43.8 Å². The molecule has 2 N–H and O–H groups in total. The molecule has 1 fully saturated rings. The minimum Gasteiger partial charge on any atom is -0.326 e. The van der Waals surface area contributed by atoms with Crippen molar-refractivity contribution in [1.82, 2.24) is 19.0 Å². The first kappa shape index (κ1) is 23.6. The molecular weight excluding hydrogens is 473 g/mol. The Morgan fingerprint density at radius 1 is 1.21 bits per heavy atom. The fraction of sp³-hybridized carbons (Fsp3) is 0.474. The maximum Gasteiger partial charge on any atom is 0.471 e. The molecule has 14 heteroatoms. The lowest BCUT2D eigenvalue weighted by atomic mass is 9.87. The maximum absolute atomic E-state index is 14.4. The van der Waals surface area contributed by atoms with Gasteiger partial charge in [0.15, 0.2) is 0 Å². The molecule has 1 aromatic carbocycles. The number of alkyl halides is 3. The Labute approximate surface area is 185 Å². The molecule has 0 spiro atoms. The van der Waals surface area contributed by atoms with E-state index >= 15 is 0 Å². The number of fused-ring (bicyclic) bond motifs is 1. The largest absolute Gasteiger partial charge is 0.471 e. The third kappa shape index (κ3) is 4.46. The molecule has 1 saturated heterocycles. The third-order valence-corrected chi connectivity index (χ3v) is 6.78.